The molecule has 11 heavy (non-hydrogen) atoms. The minimum Gasteiger partial charge on any atom is -1.00 e. The predicted octanol–water partition coefficient (Wildman–Crippen LogP) is 0.796. The third-order valence-corrected chi connectivity index (χ3v) is 4.37. The number of hydrogen-bond acceptors (Lipinski definition) is 1. The van der Waals surface area contributed by atoms with Crippen LogP contribution in [0.3, 0.4) is 0 Å². The second kappa shape index (κ2) is 5.75. The molecule has 0 fully saturated rings. The van der Waals surface area contributed by atoms with Crippen LogP contribution in [0.15, 0.2) is 25.6 Å². The smallest absolute Gasteiger partial charge is 1.00 e. The van der Waals surface area contributed by atoms with Crippen molar-refractivity contribution in [3.05, 3.63) is 25.6 Å². The van der Waals surface area contributed by atoms with Crippen molar-refractivity contribution in [1.29, 1.82) is 0 Å². The molecule has 5 heteroatoms. The van der Waals surface area contributed by atoms with Crippen LogP contribution in [-0.4, -0.2) is 5.11 Å². The number of benzene rings is 1. The van der Waals surface area contributed by atoms with Gasteiger partial charge in [-0.25, -0.2) is 0 Å². The summed E-state index contributed by atoms with van der Waals surface area (Å²) in [4.78, 5) is 0. The molecular formula is C6H4Br3KO. The van der Waals surface area contributed by atoms with Crippen LogP contribution in [0.4, 0.5) is 0 Å². The maximum absolute atomic E-state index is 9.13. The van der Waals surface area contributed by atoms with Crippen LogP contribution >= 0.6 is 47.8 Å². The maximum atomic E-state index is 9.13. The third-order valence-electron chi connectivity index (χ3n) is 1.01. The van der Waals surface area contributed by atoms with Gasteiger partial charge in [0.2, 0.25) is 0 Å². The monoisotopic (exact) mass is 368 g/mol. The van der Waals surface area contributed by atoms with Crippen molar-refractivity contribution in [1.82, 2.24) is 0 Å². The molecule has 0 aliphatic rings. The van der Waals surface area contributed by atoms with E-state index in [1.165, 1.54) is 0 Å². The zero-order valence-electron chi connectivity index (χ0n) is 6.74. The number of halogens is 3. The quantitative estimate of drug-likeness (QED) is 0.529. The van der Waals surface area contributed by atoms with Crippen molar-refractivity contribution in [2.45, 2.75) is 0 Å². The minimum absolute atomic E-state index is 0. The van der Waals surface area contributed by atoms with Gasteiger partial charge in [-0.05, 0) is 59.9 Å². The number of rotatable bonds is 0. The summed E-state index contributed by atoms with van der Waals surface area (Å²) in [5.41, 5.74) is 0. The summed E-state index contributed by atoms with van der Waals surface area (Å²) in [5.74, 6) is 0.232. The molecule has 0 unspecified atom stereocenters. The summed E-state index contributed by atoms with van der Waals surface area (Å²) < 4.78 is 2.41. The molecule has 1 N–H and O–H groups in total. The topological polar surface area (TPSA) is 20.2 Å². The molecule has 1 aromatic rings. The molecule has 1 nitrogen and oxygen atoms in total. The molecular weight excluding hydrogens is 367 g/mol. The molecule has 1 aromatic carbocycles. The van der Waals surface area contributed by atoms with Gasteiger partial charge in [0.05, 0.1) is 4.47 Å². The van der Waals surface area contributed by atoms with Crippen molar-refractivity contribution in [2.75, 3.05) is 0 Å². The molecule has 56 valence electrons. The van der Waals surface area contributed by atoms with Gasteiger partial charge < -0.3 is 6.53 Å². The normalized spacial score (nSPS) is 9.00. The fourth-order valence-electron chi connectivity index (χ4n) is 0.516. The Morgan fingerprint density at radius 3 is 2.09 bits per heavy atom. The average molecular weight is 371 g/mol. The summed E-state index contributed by atoms with van der Waals surface area (Å²) in [5, 5.41) is 9.13. The molecule has 0 atom stereocenters. The first-order chi connectivity index (χ1) is 4.63. The molecule has 0 aliphatic carbocycles. The van der Waals surface area contributed by atoms with E-state index in [1.54, 1.807) is 12.1 Å². The van der Waals surface area contributed by atoms with E-state index in [0.717, 1.165) is 8.95 Å². The summed E-state index contributed by atoms with van der Waals surface area (Å²) in [6.45, 7) is 0. The van der Waals surface area contributed by atoms with E-state index in [9.17, 15) is 0 Å². The van der Waals surface area contributed by atoms with Gasteiger partial charge in [-0.1, -0.05) is 0 Å². The Morgan fingerprint density at radius 2 is 1.64 bits per heavy atom. The largest absolute Gasteiger partial charge is 1.00 e. The van der Waals surface area contributed by atoms with E-state index in [0.29, 0.717) is 4.47 Å². The summed E-state index contributed by atoms with van der Waals surface area (Å²) in [6, 6.07) is 3.38. The number of phenols is 1. The van der Waals surface area contributed by atoms with Gasteiger partial charge in [0.1, 0.15) is 5.75 Å². The molecule has 1 rings (SSSR count). The molecule has 0 bridgehead atoms. The Morgan fingerprint density at radius 1 is 1.09 bits per heavy atom. The summed E-state index contributed by atoms with van der Waals surface area (Å²) in [6.07, 6.45) is 0. The van der Waals surface area contributed by atoms with Crippen LogP contribution in [0, 0.1) is 0 Å². The van der Waals surface area contributed by atoms with Crippen molar-refractivity contribution < 1.29 is 57.9 Å². The first-order valence-corrected chi connectivity index (χ1v) is 4.83. The van der Waals surface area contributed by atoms with Gasteiger partial charge in [-0.15, -0.1) is 0 Å². The molecule has 0 aliphatic heterocycles. The van der Waals surface area contributed by atoms with E-state index >= 15 is 0 Å². The van der Waals surface area contributed by atoms with Crippen LogP contribution in [0.1, 0.15) is 1.43 Å². The number of phenolic OH excluding ortho intramolecular Hbond substituents is 1. The molecule has 0 saturated carbocycles. The van der Waals surface area contributed by atoms with E-state index < -0.39 is 0 Å². The Hall–Kier alpha value is 2.10. The molecule has 0 aromatic heterocycles. The van der Waals surface area contributed by atoms with Crippen LogP contribution in [-0.2, 0) is 0 Å². The molecule has 0 radical (unpaired) electrons. The zero-order valence-corrected chi connectivity index (χ0v) is 13.6. The Balaban J connectivity index is 0. The molecule has 0 heterocycles. The van der Waals surface area contributed by atoms with E-state index in [-0.39, 0.29) is 58.6 Å². The Kier molecular flexibility index (Phi) is 6.84. The Bertz CT molecular complexity index is 242. The van der Waals surface area contributed by atoms with Crippen LogP contribution in [0.2, 0.25) is 0 Å². The average Bonchev–Trinajstić information content (AvgIpc) is 1.93. The first kappa shape index (κ1) is 13.1. The maximum Gasteiger partial charge on any atom is 1.00 e. The van der Waals surface area contributed by atoms with Gasteiger partial charge >= 0.3 is 51.4 Å². The Labute approximate surface area is 134 Å². The standard InChI is InChI=1S/C6H3Br3O.K.H/c7-3-1-2-4(10)6(9)5(3)8;;/h1-2,10H;;/q;+1;-1. The number of aromatic hydroxyl groups is 1. The van der Waals surface area contributed by atoms with Crippen LogP contribution in [0.5, 0.6) is 5.75 Å². The molecule has 0 amide bonds. The SMILES string of the molecule is Oc1ccc(Br)c(Br)c1Br.[H-].[K+]. The van der Waals surface area contributed by atoms with E-state index in [1.807, 2.05) is 0 Å². The number of hydrogen-bond donors (Lipinski definition) is 1. The van der Waals surface area contributed by atoms with Crippen LogP contribution in [0.25, 0.3) is 0 Å². The van der Waals surface area contributed by atoms with Gasteiger partial charge in [0.15, 0.2) is 0 Å². The van der Waals surface area contributed by atoms with E-state index in [2.05, 4.69) is 47.8 Å². The van der Waals surface area contributed by atoms with Gasteiger partial charge in [0.25, 0.3) is 0 Å². The van der Waals surface area contributed by atoms with Crippen molar-refractivity contribution in [3.63, 3.8) is 0 Å². The first-order valence-electron chi connectivity index (χ1n) is 2.45. The van der Waals surface area contributed by atoms with Crippen molar-refractivity contribution in [3.8, 4) is 5.75 Å². The zero-order chi connectivity index (χ0) is 7.72. The second-order valence-electron chi connectivity index (χ2n) is 1.69. The van der Waals surface area contributed by atoms with Crippen molar-refractivity contribution in [2.24, 2.45) is 0 Å². The fraction of sp³-hybridized carbons (Fsp3) is 0. The van der Waals surface area contributed by atoms with Gasteiger partial charge in [-0.3, -0.25) is 0 Å². The van der Waals surface area contributed by atoms with E-state index in [4.69, 9.17) is 5.11 Å². The fourth-order valence-corrected chi connectivity index (χ4v) is 1.79. The van der Waals surface area contributed by atoms with Crippen LogP contribution < -0.4 is 51.4 Å². The third kappa shape index (κ3) is 3.38. The minimum atomic E-state index is 0. The van der Waals surface area contributed by atoms with Crippen molar-refractivity contribution >= 4 is 47.8 Å². The van der Waals surface area contributed by atoms with Gasteiger partial charge in [-0.2, -0.15) is 0 Å². The predicted molar refractivity (Wildman–Crippen MR) is 52.3 cm³/mol. The molecule has 0 saturated heterocycles. The summed E-state index contributed by atoms with van der Waals surface area (Å²) >= 11 is 9.77. The summed E-state index contributed by atoms with van der Waals surface area (Å²) in [7, 11) is 0. The second-order valence-corrected chi connectivity index (χ2v) is 4.13. The van der Waals surface area contributed by atoms with Gasteiger partial charge in [0, 0.05) is 8.95 Å². The molecule has 0 spiro atoms.